The van der Waals surface area contributed by atoms with E-state index in [1.807, 2.05) is 61.5 Å². The van der Waals surface area contributed by atoms with Crippen LogP contribution in [0.5, 0.6) is 5.75 Å². The van der Waals surface area contributed by atoms with Crippen LogP contribution in [0.1, 0.15) is 14.5 Å². The third kappa shape index (κ3) is 3.65. The van der Waals surface area contributed by atoms with E-state index in [1.165, 1.54) is 16.1 Å². The third-order valence-corrected chi connectivity index (χ3v) is 5.37. The number of methoxy groups -OCH3 is 1. The molecule has 140 valence electrons. The Morgan fingerprint density at radius 3 is 2.36 bits per heavy atom. The van der Waals surface area contributed by atoms with Crippen LogP contribution in [0.25, 0.3) is 16.8 Å². The highest BCUT2D eigenvalue weighted by atomic mass is 32.1. The SMILES string of the molecule is COc1ccc(-c2cc(C(=O)Nc3ccc(-n4nccn4)cc3)sc2C)cc1. The van der Waals surface area contributed by atoms with Crippen LogP contribution in [0.3, 0.4) is 0 Å². The predicted molar refractivity (Wildman–Crippen MR) is 110 cm³/mol. The first-order valence-corrected chi connectivity index (χ1v) is 9.48. The van der Waals surface area contributed by atoms with Gasteiger partial charge in [-0.2, -0.15) is 15.0 Å². The number of aromatic nitrogens is 3. The van der Waals surface area contributed by atoms with Crippen LogP contribution in [0.4, 0.5) is 5.69 Å². The Balaban J connectivity index is 1.50. The highest BCUT2D eigenvalue weighted by molar-refractivity contribution is 7.14. The maximum absolute atomic E-state index is 12.7. The van der Waals surface area contributed by atoms with Gasteiger partial charge < -0.3 is 10.1 Å². The van der Waals surface area contributed by atoms with E-state index in [-0.39, 0.29) is 5.91 Å². The van der Waals surface area contributed by atoms with Gasteiger partial charge in [-0.25, -0.2) is 0 Å². The number of benzene rings is 2. The number of thiophene rings is 1. The topological polar surface area (TPSA) is 69.0 Å². The first kappa shape index (κ1) is 17.9. The summed E-state index contributed by atoms with van der Waals surface area (Å²) >= 11 is 1.48. The molecule has 28 heavy (non-hydrogen) atoms. The molecule has 4 rings (SSSR count). The van der Waals surface area contributed by atoms with E-state index in [4.69, 9.17) is 4.74 Å². The Morgan fingerprint density at radius 2 is 1.71 bits per heavy atom. The van der Waals surface area contributed by atoms with Crippen molar-refractivity contribution in [2.24, 2.45) is 0 Å². The number of amides is 1. The molecule has 0 fully saturated rings. The van der Waals surface area contributed by atoms with Crippen molar-refractivity contribution in [2.45, 2.75) is 6.92 Å². The predicted octanol–water partition coefficient (Wildman–Crippen LogP) is 4.57. The summed E-state index contributed by atoms with van der Waals surface area (Å²) in [5, 5.41) is 11.1. The molecule has 2 aromatic carbocycles. The number of aryl methyl sites for hydroxylation is 1. The van der Waals surface area contributed by atoms with Gasteiger partial charge in [-0.15, -0.1) is 11.3 Å². The number of carbonyl (C=O) groups is 1. The summed E-state index contributed by atoms with van der Waals surface area (Å²) in [6.07, 6.45) is 3.24. The van der Waals surface area contributed by atoms with Gasteiger partial charge in [-0.05, 0) is 60.5 Å². The summed E-state index contributed by atoms with van der Waals surface area (Å²) < 4.78 is 5.21. The molecular weight excluding hydrogens is 372 g/mol. The number of anilines is 1. The minimum atomic E-state index is -0.127. The molecule has 0 aliphatic rings. The smallest absolute Gasteiger partial charge is 0.265 e. The molecule has 0 radical (unpaired) electrons. The van der Waals surface area contributed by atoms with E-state index in [0.717, 1.165) is 33.1 Å². The number of hydrogen-bond donors (Lipinski definition) is 1. The molecule has 7 heteroatoms. The normalized spacial score (nSPS) is 10.6. The molecule has 2 heterocycles. The lowest BCUT2D eigenvalue weighted by molar-refractivity contribution is 0.103. The molecule has 0 bridgehead atoms. The summed E-state index contributed by atoms with van der Waals surface area (Å²) in [7, 11) is 1.64. The van der Waals surface area contributed by atoms with Crippen molar-refractivity contribution in [3.05, 3.63) is 76.7 Å². The maximum Gasteiger partial charge on any atom is 0.265 e. The standard InChI is InChI=1S/C21H18N4O2S/c1-14-19(15-3-9-18(27-2)10-4-15)13-20(28-14)21(26)24-16-5-7-17(8-6-16)25-22-11-12-23-25/h3-13H,1-2H3,(H,24,26). The number of nitrogens with zero attached hydrogens (tertiary/aromatic N) is 3. The first-order chi connectivity index (χ1) is 13.6. The van der Waals surface area contributed by atoms with E-state index in [2.05, 4.69) is 15.5 Å². The van der Waals surface area contributed by atoms with Gasteiger partial charge in [0.25, 0.3) is 5.91 Å². The van der Waals surface area contributed by atoms with Crippen LogP contribution in [-0.2, 0) is 0 Å². The zero-order valence-corrected chi connectivity index (χ0v) is 16.2. The molecule has 0 saturated carbocycles. The summed E-state index contributed by atoms with van der Waals surface area (Å²) in [6.45, 7) is 2.02. The number of nitrogens with one attached hydrogen (secondary N) is 1. The summed E-state index contributed by atoms with van der Waals surface area (Å²) in [4.78, 5) is 16.0. The van der Waals surface area contributed by atoms with Crippen LogP contribution >= 0.6 is 11.3 Å². The fourth-order valence-electron chi connectivity index (χ4n) is 2.87. The van der Waals surface area contributed by atoms with Gasteiger partial charge in [0.2, 0.25) is 0 Å². The van der Waals surface area contributed by atoms with Crippen molar-refractivity contribution < 1.29 is 9.53 Å². The summed E-state index contributed by atoms with van der Waals surface area (Å²) in [5.74, 6) is 0.682. The number of ether oxygens (including phenoxy) is 1. The van der Waals surface area contributed by atoms with E-state index in [0.29, 0.717) is 4.88 Å². The molecule has 6 nitrogen and oxygen atoms in total. The number of rotatable bonds is 5. The van der Waals surface area contributed by atoms with Gasteiger partial charge in [0.15, 0.2) is 0 Å². The van der Waals surface area contributed by atoms with Gasteiger partial charge in [-0.1, -0.05) is 12.1 Å². The molecule has 1 amide bonds. The Bertz CT molecular complexity index is 1080. The molecule has 0 aliphatic heterocycles. The van der Waals surface area contributed by atoms with Crippen LogP contribution in [0.2, 0.25) is 0 Å². The minimum absolute atomic E-state index is 0.127. The van der Waals surface area contributed by atoms with Crippen molar-refractivity contribution >= 4 is 22.9 Å². The Labute approximate surface area is 166 Å². The van der Waals surface area contributed by atoms with E-state index in [9.17, 15) is 4.79 Å². The van der Waals surface area contributed by atoms with Crippen molar-refractivity contribution in [2.75, 3.05) is 12.4 Å². The van der Waals surface area contributed by atoms with E-state index < -0.39 is 0 Å². The van der Waals surface area contributed by atoms with Crippen molar-refractivity contribution in [3.63, 3.8) is 0 Å². The lowest BCUT2D eigenvalue weighted by atomic mass is 10.1. The van der Waals surface area contributed by atoms with Gasteiger partial charge in [0.05, 0.1) is 30.1 Å². The fraction of sp³-hybridized carbons (Fsp3) is 0.0952. The first-order valence-electron chi connectivity index (χ1n) is 8.67. The average Bonchev–Trinajstić information content (AvgIpc) is 3.39. The van der Waals surface area contributed by atoms with Crippen molar-refractivity contribution in [3.8, 4) is 22.6 Å². The molecule has 0 atom stereocenters. The second-order valence-corrected chi connectivity index (χ2v) is 7.38. The molecule has 0 aliphatic carbocycles. The molecule has 4 aromatic rings. The molecule has 2 aromatic heterocycles. The van der Waals surface area contributed by atoms with Crippen LogP contribution in [0.15, 0.2) is 67.0 Å². The monoisotopic (exact) mass is 390 g/mol. The highest BCUT2D eigenvalue weighted by Crippen LogP contribution is 2.32. The van der Waals surface area contributed by atoms with Crippen LogP contribution in [0, 0.1) is 6.92 Å². The second kappa shape index (κ2) is 7.66. The van der Waals surface area contributed by atoms with E-state index in [1.54, 1.807) is 19.5 Å². The zero-order chi connectivity index (χ0) is 19.5. The fourth-order valence-corrected chi connectivity index (χ4v) is 3.81. The molecule has 0 saturated heterocycles. The Hall–Kier alpha value is -3.45. The molecule has 0 unspecified atom stereocenters. The lowest BCUT2D eigenvalue weighted by Crippen LogP contribution is -2.10. The van der Waals surface area contributed by atoms with Gasteiger partial charge >= 0.3 is 0 Å². The summed E-state index contributed by atoms with van der Waals surface area (Å²) in [6, 6.07) is 17.2. The third-order valence-electron chi connectivity index (χ3n) is 4.32. The number of hydrogen-bond acceptors (Lipinski definition) is 5. The van der Waals surface area contributed by atoms with E-state index >= 15 is 0 Å². The Morgan fingerprint density at radius 1 is 1.04 bits per heavy atom. The molecular formula is C21H18N4O2S. The van der Waals surface area contributed by atoms with Gasteiger partial charge in [0, 0.05) is 10.6 Å². The van der Waals surface area contributed by atoms with Crippen molar-refractivity contribution in [1.29, 1.82) is 0 Å². The Kier molecular flexibility index (Phi) is 4.90. The minimum Gasteiger partial charge on any atom is -0.497 e. The van der Waals surface area contributed by atoms with Crippen LogP contribution < -0.4 is 10.1 Å². The largest absolute Gasteiger partial charge is 0.497 e. The lowest BCUT2D eigenvalue weighted by Gasteiger charge is -2.05. The maximum atomic E-state index is 12.7. The zero-order valence-electron chi connectivity index (χ0n) is 15.4. The number of carbonyl (C=O) groups excluding carboxylic acids is 1. The summed E-state index contributed by atoms with van der Waals surface area (Å²) in [5.41, 5.74) is 3.66. The van der Waals surface area contributed by atoms with Gasteiger partial charge in [-0.3, -0.25) is 4.79 Å². The highest BCUT2D eigenvalue weighted by Gasteiger charge is 2.14. The quantitative estimate of drug-likeness (QED) is 0.542. The van der Waals surface area contributed by atoms with Crippen molar-refractivity contribution in [1.82, 2.24) is 15.0 Å². The molecule has 1 N–H and O–H groups in total. The van der Waals surface area contributed by atoms with Crippen LogP contribution in [-0.4, -0.2) is 28.0 Å². The van der Waals surface area contributed by atoms with Gasteiger partial charge in [0.1, 0.15) is 5.75 Å². The second-order valence-electron chi connectivity index (χ2n) is 6.13. The average molecular weight is 390 g/mol. The molecule has 0 spiro atoms.